The minimum atomic E-state index is 0.359. The molecule has 1 aliphatic rings. The van der Waals surface area contributed by atoms with Gasteiger partial charge < -0.3 is 0 Å². The zero-order chi connectivity index (χ0) is 14.0. The van der Waals surface area contributed by atoms with Gasteiger partial charge in [0.1, 0.15) is 0 Å². The van der Waals surface area contributed by atoms with E-state index in [-0.39, 0.29) is 0 Å². The Labute approximate surface area is 123 Å². The predicted molar refractivity (Wildman–Crippen MR) is 84.8 cm³/mol. The Morgan fingerprint density at radius 2 is 1.84 bits per heavy atom. The van der Waals surface area contributed by atoms with Gasteiger partial charge >= 0.3 is 0 Å². The molecule has 0 nitrogen and oxygen atoms in total. The van der Waals surface area contributed by atoms with E-state index in [1.807, 2.05) is 0 Å². The first kappa shape index (κ1) is 14.9. The van der Waals surface area contributed by atoms with E-state index in [0.29, 0.717) is 16.7 Å². The second-order valence-corrected chi connectivity index (χ2v) is 7.84. The Balaban J connectivity index is 2.08. The normalized spacial score (nSPS) is 28.4. The van der Waals surface area contributed by atoms with Crippen molar-refractivity contribution in [1.29, 1.82) is 0 Å². The van der Waals surface area contributed by atoms with Crippen LogP contribution in [-0.4, -0.2) is 5.38 Å². The van der Waals surface area contributed by atoms with Crippen molar-refractivity contribution < 1.29 is 0 Å². The molecule has 106 valence electrons. The van der Waals surface area contributed by atoms with Crippen LogP contribution in [0.5, 0.6) is 0 Å². The summed E-state index contributed by atoms with van der Waals surface area (Å²) in [6, 6.07) is 8.74. The van der Waals surface area contributed by atoms with E-state index in [9.17, 15) is 0 Å². The summed E-state index contributed by atoms with van der Waals surface area (Å²) < 4.78 is 0. The van der Waals surface area contributed by atoms with Gasteiger partial charge in [0.15, 0.2) is 0 Å². The third-order valence-corrected chi connectivity index (χ3v) is 5.43. The highest BCUT2D eigenvalue weighted by Crippen LogP contribution is 2.43. The fourth-order valence-corrected chi connectivity index (χ4v) is 3.66. The second kappa shape index (κ2) is 5.87. The Kier molecular flexibility index (Phi) is 4.61. The Morgan fingerprint density at radius 1 is 1.16 bits per heavy atom. The van der Waals surface area contributed by atoms with Crippen LogP contribution < -0.4 is 0 Å². The molecule has 0 bridgehead atoms. The molecule has 1 aromatic carbocycles. The lowest BCUT2D eigenvalue weighted by Gasteiger charge is -2.40. The number of alkyl halides is 1. The number of aryl methyl sites for hydroxylation is 1. The van der Waals surface area contributed by atoms with Crippen molar-refractivity contribution in [1.82, 2.24) is 0 Å². The van der Waals surface area contributed by atoms with Gasteiger partial charge in [-0.1, -0.05) is 45.0 Å². The van der Waals surface area contributed by atoms with E-state index in [4.69, 9.17) is 11.6 Å². The van der Waals surface area contributed by atoms with Gasteiger partial charge in [0.2, 0.25) is 0 Å². The van der Waals surface area contributed by atoms with Crippen LogP contribution in [0.3, 0.4) is 0 Å². The van der Waals surface area contributed by atoms with Gasteiger partial charge in [-0.05, 0) is 61.0 Å². The Morgan fingerprint density at radius 3 is 2.47 bits per heavy atom. The summed E-state index contributed by atoms with van der Waals surface area (Å²) in [4.78, 5) is 0. The lowest BCUT2D eigenvalue weighted by atomic mass is 9.68. The highest BCUT2D eigenvalue weighted by atomic mass is 35.5. The first-order valence-electron chi connectivity index (χ1n) is 7.56. The number of benzene rings is 1. The molecule has 0 radical (unpaired) electrons. The fraction of sp³-hybridized carbons (Fsp3) is 0.667. The quantitative estimate of drug-likeness (QED) is 0.617. The minimum absolute atomic E-state index is 0.359. The summed E-state index contributed by atoms with van der Waals surface area (Å²) in [5.74, 6) is 1.46. The van der Waals surface area contributed by atoms with E-state index in [1.54, 1.807) is 0 Å². The van der Waals surface area contributed by atoms with Crippen LogP contribution in [0, 0.1) is 24.2 Å². The molecule has 1 aliphatic carbocycles. The van der Waals surface area contributed by atoms with Gasteiger partial charge in [0, 0.05) is 5.38 Å². The molecule has 0 heterocycles. The van der Waals surface area contributed by atoms with Crippen molar-refractivity contribution in [2.45, 2.75) is 58.8 Å². The highest BCUT2D eigenvalue weighted by Gasteiger charge is 2.35. The molecule has 3 atom stereocenters. The molecule has 1 heteroatoms. The van der Waals surface area contributed by atoms with Gasteiger partial charge in [0.05, 0.1) is 0 Å². The monoisotopic (exact) mass is 278 g/mol. The molecule has 1 fully saturated rings. The van der Waals surface area contributed by atoms with E-state index < -0.39 is 0 Å². The van der Waals surface area contributed by atoms with Crippen molar-refractivity contribution in [3.63, 3.8) is 0 Å². The number of rotatable bonds is 2. The van der Waals surface area contributed by atoms with Crippen LogP contribution in [0.1, 0.15) is 51.2 Å². The zero-order valence-electron chi connectivity index (χ0n) is 12.7. The number of hydrogen-bond acceptors (Lipinski definition) is 0. The standard InChI is InChI=1S/C18H27Cl/c1-13-7-5-6-8-14(13)11-15-12-16(18(2,3)4)9-10-17(15)19/h5-8,15-17H,9-12H2,1-4H3. The van der Waals surface area contributed by atoms with Crippen molar-refractivity contribution in [3.8, 4) is 0 Å². The smallest absolute Gasteiger partial charge is 0.0367 e. The van der Waals surface area contributed by atoms with Crippen molar-refractivity contribution >= 4 is 11.6 Å². The largest absolute Gasteiger partial charge is 0.123 e. The van der Waals surface area contributed by atoms with Crippen LogP contribution in [0.2, 0.25) is 0 Å². The third kappa shape index (κ3) is 3.75. The van der Waals surface area contributed by atoms with Crippen LogP contribution in [0.4, 0.5) is 0 Å². The minimum Gasteiger partial charge on any atom is -0.123 e. The lowest BCUT2D eigenvalue weighted by molar-refractivity contribution is 0.144. The molecule has 0 spiro atoms. The topological polar surface area (TPSA) is 0 Å². The summed E-state index contributed by atoms with van der Waals surface area (Å²) in [5, 5.41) is 0.359. The molecule has 19 heavy (non-hydrogen) atoms. The van der Waals surface area contributed by atoms with Crippen LogP contribution in [0.25, 0.3) is 0 Å². The number of halogens is 1. The molecule has 0 amide bonds. The molecular formula is C18H27Cl. The maximum Gasteiger partial charge on any atom is 0.0367 e. The molecule has 2 rings (SSSR count). The zero-order valence-corrected chi connectivity index (χ0v) is 13.5. The molecule has 0 aliphatic heterocycles. The van der Waals surface area contributed by atoms with Gasteiger partial charge in [-0.2, -0.15) is 0 Å². The van der Waals surface area contributed by atoms with Crippen LogP contribution in [-0.2, 0) is 6.42 Å². The second-order valence-electron chi connectivity index (χ2n) is 7.28. The van der Waals surface area contributed by atoms with Gasteiger partial charge in [-0.25, -0.2) is 0 Å². The fourth-order valence-electron chi connectivity index (χ4n) is 3.35. The lowest BCUT2D eigenvalue weighted by Crippen LogP contribution is -2.33. The van der Waals surface area contributed by atoms with Crippen LogP contribution in [0.15, 0.2) is 24.3 Å². The summed E-state index contributed by atoms with van der Waals surface area (Å²) in [6.45, 7) is 9.33. The predicted octanol–water partition coefficient (Wildman–Crippen LogP) is 5.61. The molecule has 1 saturated carbocycles. The van der Waals surface area contributed by atoms with E-state index in [0.717, 1.165) is 12.3 Å². The molecule has 3 unspecified atom stereocenters. The molecule has 0 saturated heterocycles. The van der Waals surface area contributed by atoms with E-state index in [2.05, 4.69) is 52.0 Å². The highest BCUT2D eigenvalue weighted by molar-refractivity contribution is 6.20. The van der Waals surface area contributed by atoms with Crippen molar-refractivity contribution in [2.75, 3.05) is 0 Å². The molecular weight excluding hydrogens is 252 g/mol. The maximum atomic E-state index is 6.60. The average molecular weight is 279 g/mol. The first-order chi connectivity index (χ1) is 8.88. The summed E-state index contributed by atoms with van der Waals surface area (Å²) in [7, 11) is 0. The summed E-state index contributed by atoms with van der Waals surface area (Å²) >= 11 is 6.60. The number of hydrogen-bond donors (Lipinski definition) is 0. The van der Waals surface area contributed by atoms with E-state index in [1.165, 1.54) is 30.4 Å². The Hall–Kier alpha value is -0.490. The average Bonchev–Trinajstić information content (AvgIpc) is 2.33. The van der Waals surface area contributed by atoms with Gasteiger partial charge in [0.25, 0.3) is 0 Å². The van der Waals surface area contributed by atoms with Crippen LogP contribution >= 0.6 is 11.6 Å². The first-order valence-corrected chi connectivity index (χ1v) is 8.00. The molecule has 1 aromatic rings. The Bertz CT molecular complexity index is 416. The summed E-state index contributed by atoms with van der Waals surface area (Å²) in [5.41, 5.74) is 3.30. The van der Waals surface area contributed by atoms with Gasteiger partial charge in [-0.3, -0.25) is 0 Å². The van der Waals surface area contributed by atoms with Crippen molar-refractivity contribution in [2.24, 2.45) is 17.3 Å². The third-order valence-electron chi connectivity index (χ3n) is 4.86. The van der Waals surface area contributed by atoms with E-state index >= 15 is 0 Å². The molecule has 0 aromatic heterocycles. The van der Waals surface area contributed by atoms with Gasteiger partial charge in [-0.15, -0.1) is 11.6 Å². The van der Waals surface area contributed by atoms with Crippen molar-refractivity contribution in [3.05, 3.63) is 35.4 Å². The SMILES string of the molecule is Cc1ccccc1CC1CC(C(C)(C)C)CCC1Cl. The summed E-state index contributed by atoms with van der Waals surface area (Å²) in [6.07, 6.45) is 4.90. The molecule has 0 N–H and O–H groups in total. The maximum absolute atomic E-state index is 6.60.